The summed E-state index contributed by atoms with van der Waals surface area (Å²) in [7, 11) is 2.46. The minimum Gasteiger partial charge on any atom is -0.465 e. The molecule has 0 aromatic heterocycles. The molecule has 1 saturated heterocycles. The number of hydrogen-bond acceptors (Lipinski definition) is 7. The zero-order valence-corrected chi connectivity index (χ0v) is 14.4. The van der Waals surface area contributed by atoms with Gasteiger partial charge in [0.2, 0.25) is 5.91 Å². The van der Waals surface area contributed by atoms with Crippen molar-refractivity contribution >= 4 is 23.5 Å². The first-order chi connectivity index (χ1) is 11.8. The summed E-state index contributed by atoms with van der Waals surface area (Å²) in [5.41, 5.74) is 0.551. The van der Waals surface area contributed by atoms with Gasteiger partial charge in [-0.1, -0.05) is 0 Å². The number of benzene rings is 1. The smallest absolute Gasteiger partial charge is 0.337 e. The molecule has 1 aliphatic heterocycles. The van der Waals surface area contributed by atoms with Crippen molar-refractivity contribution in [3.63, 3.8) is 0 Å². The maximum atomic E-state index is 12.4. The fraction of sp³-hybridized carbons (Fsp3) is 0.471. The number of esters is 2. The molecule has 2 atom stereocenters. The quantitative estimate of drug-likeness (QED) is 0.751. The van der Waals surface area contributed by atoms with Gasteiger partial charge in [0.25, 0.3) is 0 Å². The Morgan fingerprint density at radius 3 is 2.16 bits per heavy atom. The number of nitrogens with zero attached hydrogens (tertiary/aromatic N) is 1. The first-order valence-electron chi connectivity index (χ1n) is 7.90. The minimum absolute atomic E-state index is 0.130. The number of carbonyl (C=O) groups excluding carboxylic acids is 3. The molecule has 2 rings (SSSR count). The molecule has 1 amide bonds. The molecule has 0 bridgehead atoms. The van der Waals surface area contributed by atoms with Gasteiger partial charge >= 0.3 is 11.9 Å². The molecule has 1 aromatic rings. The van der Waals surface area contributed by atoms with Gasteiger partial charge in [0.1, 0.15) is 0 Å². The van der Waals surface area contributed by atoms with E-state index >= 15 is 0 Å². The summed E-state index contributed by atoms with van der Waals surface area (Å²) in [6, 6.07) is 3.75. The van der Waals surface area contributed by atoms with Crippen LogP contribution in [0.1, 0.15) is 34.1 Å². The van der Waals surface area contributed by atoms with Gasteiger partial charge in [-0.3, -0.25) is 9.69 Å². The second-order valence-corrected chi connectivity index (χ2v) is 5.88. The predicted octanol–water partition coefficient (Wildman–Crippen LogP) is 0.653. The minimum atomic E-state index is -0.628. The van der Waals surface area contributed by atoms with Gasteiger partial charge < -0.3 is 19.9 Å². The summed E-state index contributed by atoms with van der Waals surface area (Å²) in [5.74, 6) is -1.55. The fourth-order valence-corrected chi connectivity index (χ4v) is 2.70. The van der Waals surface area contributed by atoms with E-state index in [9.17, 15) is 19.5 Å². The van der Waals surface area contributed by atoms with E-state index in [1.165, 1.54) is 32.4 Å². The van der Waals surface area contributed by atoms with E-state index in [1.54, 1.807) is 6.92 Å². The van der Waals surface area contributed by atoms with Crippen LogP contribution < -0.4 is 5.32 Å². The summed E-state index contributed by atoms with van der Waals surface area (Å²) in [6.45, 7) is 2.80. The molecule has 0 spiro atoms. The maximum Gasteiger partial charge on any atom is 0.337 e. The van der Waals surface area contributed by atoms with Crippen LogP contribution in [-0.4, -0.2) is 67.3 Å². The highest BCUT2D eigenvalue weighted by Crippen LogP contribution is 2.19. The lowest BCUT2D eigenvalue weighted by molar-refractivity contribution is -0.120. The SMILES string of the molecule is COC(=O)c1cc(NC(=O)C(C)N2CCC(O)C2)cc(C(=O)OC)c1. The van der Waals surface area contributed by atoms with Crippen LogP contribution >= 0.6 is 0 Å². The lowest BCUT2D eigenvalue weighted by Gasteiger charge is -2.23. The number of methoxy groups -OCH3 is 2. The fourth-order valence-electron chi connectivity index (χ4n) is 2.70. The average molecular weight is 350 g/mol. The van der Waals surface area contributed by atoms with Crippen molar-refractivity contribution in [2.24, 2.45) is 0 Å². The molecule has 136 valence electrons. The molecule has 8 nitrogen and oxygen atoms in total. The van der Waals surface area contributed by atoms with Crippen molar-refractivity contribution in [2.75, 3.05) is 32.6 Å². The van der Waals surface area contributed by atoms with Crippen LogP contribution in [0.3, 0.4) is 0 Å². The molecule has 2 unspecified atom stereocenters. The van der Waals surface area contributed by atoms with Crippen molar-refractivity contribution in [1.29, 1.82) is 0 Å². The van der Waals surface area contributed by atoms with E-state index in [0.29, 0.717) is 25.2 Å². The Morgan fingerprint density at radius 1 is 1.16 bits per heavy atom. The van der Waals surface area contributed by atoms with Gasteiger partial charge in [0, 0.05) is 18.8 Å². The Hall–Kier alpha value is -2.45. The maximum absolute atomic E-state index is 12.4. The van der Waals surface area contributed by atoms with Crippen LogP contribution in [0.4, 0.5) is 5.69 Å². The number of aliphatic hydroxyl groups is 1. The highest BCUT2D eigenvalue weighted by molar-refractivity contribution is 6.00. The molecule has 0 aliphatic carbocycles. The van der Waals surface area contributed by atoms with Gasteiger partial charge in [-0.05, 0) is 31.5 Å². The van der Waals surface area contributed by atoms with Crippen LogP contribution in [0.25, 0.3) is 0 Å². The largest absolute Gasteiger partial charge is 0.465 e. The van der Waals surface area contributed by atoms with Crippen molar-refractivity contribution in [3.05, 3.63) is 29.3 Å². The zero-order chi connectivity index (χ0) is 18.6. The number of amides is 1. The number of ether oxygens (including phenoxy) is 2. The van der Waals surface area contributed by atoms with Crippen molar-refractivity contribution in [3.8, 4) is 0 Å². The summed E-state index contributed by atoms with van der Waals surface area (Å²) >= 11 is 0. The van der Waals surface area contributed by atoms with Crippen LogP contribution in [0.5, 0.6) is 0 Å². The molecule has 8 heteroatoms. The molecular weight excluding hydrogens is 328 g/mol. The standard InChI is InChI=1S/C17H22N2O6/c1-10(19-5-4-14(20)9-19)15(21)18-13-7-11(16(22)24-2)6-12(8-13)17(23)25-3/h6-8,10,14,20H,4-5,9H2,1-3H3,(H,18,21). The van der Waals surface area contributed by atoms with Crippen LogP contribution in [-0.2, 0) is 14.3 Å². The Kier molecular flexibility index (Phi) is 6.11. The third-order valence-electron chi connectivity index (χ3n) is 4.16. The highest BCUT2D eigenvalue weighted by atomic mass is 16.5. The number of aliphatic hydroxyl groups excluding tert-OH is 1. The van der Waals surface area contributed by atoms with Gasteiger partial charge in [-0.15, -0.1) is 0 Å². The lowest BCUT2D eigenvalue weighted by Crippen LogP contribution is -2.41. The number of carbonyl (C=O) groups is 3. The van der Waals surface area contributed by atoms with E-state index in [2.05, 4.69) is 14.8 Å². The van der Waals surface area contributed by atoms with E-state index in [1.807, 2.05) is 4.90 Å². The number of rotatable bonds is 5. The molecule has 1 fully saturated rings. The summed E-state index contributed by atoms with van der Waals surface area (Å²) in [6.07, 6.45) is 0.200. The van der Waals surface area contributed by atoms with E-state index in [0.717, 1.165) is 0 Å². The highest BCUT2D eigenvalue weighted by Gasteiger charge is 2.28. The Labute approximate surface area is 145 Å². The van der Waals surface area contributed by atoms with Crippen molar-refractivity contribution in [2.45, 2.75) is 25.5 Å². The normalized spacial score (nSPS) is 18.5. The van der Waals surface area contributed by atoms with E-state index in [4.69, 9.17) is 0 Å². The van der Waals surface area contributed by atoms with Gasteiger partial charge in [-0.2, -0.15) is 0 Å². The molecule has 1 heterocycles. The van der Waals surface area contributed by atoms with E-state index < -0.39 is 24.1 Å². The zero-order valence-electron chi connectivity index (χ0n) is 14.4. The molecule has 0 radical (unpaired) electrons. The van der Waals surface area contributed by atoms with Crippen molar-refractivity contribution < 1.29 is 29.0 Å². The Bertz CT molecular complexity index is 641. The topological polar surface area (TPSA) is 105 Å². The summed E-state index contributed by atoms with van der Waals surface area (Å²) in [5, 5.41) is 12.3. The molecular formula is C17H22N2O6. The number of anilines is 1. The molecule has 1 aliphatic rings. The second-order valence-electron chi connectivity index (χ2n) is 5.88. The van der Waals surface area contributed by atoms with Crippen LogP contribution in [0, 0.1) is 0 Å². The molecule has 1 aromatic carbocycles. The number of β-amino-alcohol motifs (C(OH)–C–C–N with tert-alkyl or cyclic N) is 1. The molecule has 0 saturated carbocycles. The Morgan fingerprint density at radius 2 is 1.72 bits per heavy atom. The third kappa shape index (κ3) is 4.55. The first kappa shape index (κ1) is 18.9. The Balaban J connectivity index is 2.20. The van der Waals surface area contributed by atoms with E-state index in [-0.39, 0.29) is 17.0 Å². The summed E-state index contributed by atoms with van der Waals surface area (Å²) < 4.78 is 9.33. The average Bonchev–Trinajstić information content (AvgIpc) is 3.05. The van der Waals surface area contributed by atoms with Gasteiger partial charge in [0.15, 0.2) is 0 Å². The summed E-state index contributed by atoms with van der Waals surface area (Å²) in [4.78, 5) is 37.8. The third-order valence-corrected chi connectivity index (χ3v) is 4.16. The first-order valence-corrected chi connectivity index (χ1v) is 7.90. The molecule has 25 heavy (non-hydrogen) atoms. The number of likely N-dealkylation sites (tertiary alicyclic amines) is 1. The van der Waals surface area contributed by atoms with Crippen LogP contribution in [0.15, 0.2) is 18.2 Å². The second kappa shape index (κ2) is 8.09. The molecule has 2 N–H and O–H groups in total. The van der Waals surface area contributed by atoms with Gasteiger partial charge in [0.05, 0.1) is 37.5 Å². The lowest BCUT2D eigenvalue weighted by atomic mass is 10.1. The number of hydrogen-bond donors (Lipinski definition) is 2. The number of nitrogens with one attached hydrogen (secondary N) is 1. The predicted molar refractivity (Wildman–Crippen MR) is 89.4 cm³/mol. The van der Waals surface area contributed by atoms with Gasteiger partial charge in [-0.25, -0.2) is 9.59 Å². The monoisotopic (exact) mass is 350 g/mol. The van der Waals surface area contributed by atoms with Crippen molar-refractivity contribution in [1.82, 2.24) is 4.90 Å². The van der Waals surface area contributed by atoms with Crippen LogP contribution in [0.2, 0.25) is 0 Å².